The summed E-state index contributed by atoms with van der Waals surface area (Å²) in [6.07, 6.45) is 0.372. The number of anilines is 4. The molecule has 14 aromatic carbocycles. The number of hydrogen-bond donors (Lipinski definition) is 0. The predicted molar refractivity (Wildman–Crippen MR) is 530 cm³/mol. The molecule has 16 rings (SSSR count). The van der Waals surface area contributed by atoms with Gasteiger partial charge in [0, 0.05) is 48.9 Å². The van der Waals surface area contributed by atoms with Crippen LogP contribution in [0.5, 0.6) is 11.5 Å². The van der Waals surface area contributed by atoms with Gasteiger partial charge in [-0.1, -0.05) is 253 Å². The van der Waals surface area contributed by atoms with Crippen molar-refractivity contribution in [1.82, 2.24) is 0 Å². The van der Waals surface area contributed by atoms with Crippen molar-refractivity contribution >= 4 is 86.3 Å². The van der Waals surface area contributed by atoms with E-state index in [2.05, 4.69) is 334 Å². The number of benzene rings is 14. The average Bonchev–Trinajstić information content (AvgIpc) is 1.45. The van der Waals surface area contributed by atoms with Gasteiger partial charge in [-0.05, 0) is 219 Å². The van der Waals surface area contributed by atoms with Crippen molar-refractivity contribution in [2.24, 2.45) is 0 Å². The van der Waals surface area contributed by atoms with Gasteiger partial charge in [0.1, 0.15) is 0 Å². The maximum absolute atomic E-state index is 5.87. The Balaban J connectivity index is 0.000000158. The van der Waals surface area contributed by atoms with Gasteiger partial charge in [-0.3, -0.25) is 0 Å². The maximum atomic E-state index is 5.87. The SMILES string of the molecule is CC(C)Oc1ccccc1[CH]=[Ru]([Cl])[Cl].CC(C)Oc1ccccc1[CH]=[Ru][Cl].Cc1cc(C)c(N2[CH-]N(c3c(C)cc(C)cc3C)CC2)c(C)c1.Cc1cc(C)c(N2[CH-]N(c3c(C)cc(C)cc3C)CC2)c(C)c1.[K+].[S-]c1c(-c2ccccc2)cc(-c2ccccc2)cc1-c1ccccc1.[S-]c1c(-c2ccccc2)cc(-c2ccccc2)cc1-c1ccccc1. The first-order valence-electron chi connectivity index (χ1n) is 41.7. The molecule has 0 spiro atoms. The third-order valence-corrected chi connectivity index (χ3v) is 24.9. The van der Waals surface area contributed by atoms with E-state index in [1.165, 1.54) is 112 Å². The molecule has 2 aliphatic rings. The van der Waals surface area contributed by atoms with Crippen LogP contribution in [0.4, 0.5) is 22.7 Å². The van der Waals surface area contributed by atoms with Crippen LogP contribution in [0.1, 0.15) is 106 Å². The Hall–Kier alpha value is -8.19. The van der Waals surface area contributed by atoms with Gasteiger partial charge in [0.05, 0.1) is 0 Å². The molecule has 14 heteroatoms. The molecule has 6 nitrogen and oxygen atoms in total. The zero-order valence-electron chi connectivity index (χ0n) is 74.4. The largest absolute Gasteiger partial charge is 1.00 e. The van der Waals surface area contributed by atoms with Crippen LogP contribution in [0.15, 0.2) is 313 Å². The minimum absolute atomic E-state index is 0. The summed E-state index contributed by atoms with van der Waals surface area (Å²) in [6.45, 7) is 43.2. The van der Waals surface area contributed by atoms with E-state index in [1.807, 2.05) is 122 Å². The van der Waals surface area contributed by atoms with Gasteiger partial charge in [0.25, 0.3) is 0 Å². The molecule has 0 N–H and O–H groups in total. The summed E-state index contributed by atoms with van der Waals surface area (Å²) < 4.78 is 15.2. The van der Waals surface area contributed by atoms with Crippen molar-refractivity contribution in [1.29, 1.82) is 0 Å². The van der Waals surface area contributed by atoms with E-state index in [-0.39, 0.29) is 79.3 Å². The fraction of sp³-hybridized carbons (Fsp3) is 0.200. The van der Waals surface area contributed by atoms with E-state index >= 15 is 0 Å². The first-order valence-corrected chi connectivity index (χ1v) is 51.3. The minimum atomic E-state index is -1.77. The quantitative estimate of drug-likeness (QED) is 0.0537. The molecule has 0 unspecified atom stereocenters. The van der Waals surface area contributed by atoms with Crippen molar-refractivity contribution in [3.8, 4) is 78.3 Å². The van der Waals surface area contributed by atoms with Crippen molar-refractivity contribution in [2.75, 3.05) is 45.8 Å². The molecular weight excluding hydrogens is 1820 g/mol. The summed E-state index contributed by atoms with van der Waals surface area (Å²) in [5.74, 6) is 1.77. The summed E-state index contributed by atoms with van der Waals surface area (Å²) in [7, 11) is 17.4. The van der Waals surface area contributed by atoms with Crippen LogP contribution in [0.25, 0.3) is 66.8 Å². The zero-order valence-corrected chi connectivity index (χ0v) is 84.9. The maximum Gasteiger partial charge on any atom is 1.00 e. The molecule has 0 aromatic heterocycles. The number of hydrogen-bond acceptors (Lipinski definition) is 8. The van der Waals surface area contributed by atoms with E-state index in [9.17, 15) is 0 Å². The second-order valence-corrected chi connectivity index (χ2v) is 40.2. The molecule has 0 saturated carbocycles. The fourth-order valence-electron chi connectivity index (χ4n) is 16.3. The molecule has 0 aliphatic carbocycles. The van der Waals surface area contributed by atoms with Gasteiger partial charge in [0.15, 0.2) is 0 Å². The van der Waals surface area contributed by atoms with Gasteiger partial charge in [-0.2, -0.15) is 23.1 Å². The molecule has 124 heavy (non-hydrogen) atoms. The molecule has 0 bridgehead atoms. The van der Waals surface area contributed by atoms with Crippen LogP contribution in [-0.4, -0.2) is 47.6 Å². The van der Waals surface area contributed by atoms with E-state index in [1.54, 1.807) is 0 Å². The monoisotopic (exact) mass is 1930 g/mol. The topological polar surface area (TPSA) is 31.4 Å². The fourth-order valence-corrected chi connectivity index (χ4v) is 20.0. The molecule has 14 aromatic rings. The number of aryl methyl sites for hydroxylation is 12. The zero-order chi connectivity index (χ0) is 87.8. The van der Waals surface area contributed by atoms with Crippen molar-refractivity contribution < 1.29 is 90.1 Å². The average molecular weight is 1930 g/mol. The molecule has 0 amide bonds. The van der Waals surface area contributed by atoms with Gasteiger partial charge in [0.2, 0.25) is 0 Å². The summed E-state index contributed by atoms with van der Waals surface area (Å²) >= 11 is 9.77. The number of halogens is 3. The number of para-hydroxylation sites is 2. The number of ether oxygens (including phenoxy) is 2. The van der Waals surface area contributed by atoms with Gasteiger partial charge in [-0.25, -0.2) is 0 Å². The summed E-state index contributed by atoms with van der Waals surface area (Å²) in [5.41, 5.74) is 37.6. The standard InChI is InChI=1S/2C24H18S.2C21H27N2.2C10H12O.3ClH.K.2Ru/c2*25-24-22(19-12-6-2-7-13-19)16-21(18-10-4-1-5-11-18)17-23(24)20-14-8-3-9-15-20;2*1-14-9-16(3)20(17(4)10-14)22-7-8-23(13-22)21-18(5)11-15(2)12-19(21)6;2*1-8(2)11-10-7-5-4-6-9(10)3;;;;;;/h2*1-17,25H;2*9-13H,7-8H2,1-6H3;2*3-8H,1-2H3;3*1H;;;/q;;2*-1;;;;;;2*+1;+2/p-5. The van der Waals surface area contributed by atoms with Crippen LogP contribution in [0, 0.1) is 96.4 Å². The van der Waals surface area contributed by atoms with Crippen molar-refractivity contribution in [2.45, 2.75) is 133 Å². The predicted octanol–water partition coefficient (Wildman–Crippen LogP) is 26.6. The number of nitrogens with zero attached hydrogens (tertiary/aromatic N) is 4. The molecule has 2 saturated heterocycles. The molecule has 2 fully saturated rings. The Labute approximate surface area is 818 Å². The minimum Gasteiger partial charge on any atom is -0.779 e. The third kappa shape index (κ3) is 27.2. The van der Waals surface area contributed by atoms with Gasteiger partial charge < -0.3 is 44.9 Å². The van der Waals surface area contributed by atoms with Crippen LogP contribution in [0.3, 0.4) is 0 Å². The molecule has 2 heterocycles. The Morgan fingerprint density at radius 1 is 0.315 bits per heavy atom. The molecule has 0 atom stereocenters. The number of rotatable bonds is 16. The Bertz CT molecular complexity index is 5260. The van der Waals surface area contributed by atoms with E-state index < -0.39 is 13.5 Å². The van der Waals surface area contributed by atoms with Crippen molar-refractivity contribution in [3.05, 3.63) is 395 Å². The van der Waals surface area contributed by atoms with E-state index in [4.69, 9.17) is 63.8 Å². The second kappa shape index (κ2) is 48.1. The van der Waals surface area contributed by atoms with E-state index in [0.717, 1.165) is 103 Å². The van der Waals surface area contributed by atoms with Gasteiger partial charge >= 0.3 is 239 Å². The smallest absolute Gasteiger partial charge is 0.779 e. The summed E-state index contributed by atoms with van der Waals surface area (Å²) in [6, 6.07) is 105. The van der Waals surface area contributed by atoms with Crippen molar-refractivity contribution in [3.63, 3.8) is 0 Å². The van der Waals surface area contributed by atoms with Crippen LogP contribution < -0.4 is 80.5 Å². The normalized spacial score (nSPS) is 12.2. The van der Waals surface area contributed by atoms with Gasteiger partial charge in [-0.15, -0.1) is 0 Å². The van der Waals surface area contributed by atoms with Crippen LogP contribution >= 0.6 is 29.1 Å². The first kappa shape index (κ1) is 98.0. The molecule has 637 valence electrons. The Morgan fingerprint density at radius 3 is 0.766 bits per heavy atom. The third-order valence-electron chi connectivity index (χ3n) is 21.0. The van der Waals surface area contributed by atoms with E-state index in [0.29, 0.717) is 0 Å². The molecular formula is C110H112Cl3KN4O2Ru2S2-3. The Kier molecular flexibility index (Phi) is 38.0. The Morgan fingerprint density at radius 2 is 0.532 bits per heavy atom. The second-order valence-electron chi connectivity index (χ2n) is 31.9. The van der Waals surface area contributed by atoms with Crippen LogP contribution in [0.2, 0.25) is 0 Å². The summed E-state index contributed by atoms with van der Waals surface area (Å²) in [4.78, 5) is 11.4. The first-order chi connectivity index (χ1) is 59.2. The van der Waals surface area contributed by atoms with Crippen LogP contribution in [-0.2, 0) is 54.5 Å². The molecule has 2 aliphatic heterocycles. The summed E-state index contributed by atoms with van der Waals surface area (Å²) in [5, 5.41) is 0. The molecule has 0 radical (unpaired) electrons.